The summed E-state index contributed by atoms with van der Waals surface area (Å²) in [7, 11) is 0. The van der Waals surface area contributed by atoms with Crippen LogP contribution in [0.5, 0.6) is 5.75 Å². The van der Waals surface area contributed by atoms with Crippen LogP contribution in [-0.4, -0.2) is 36.8 Å². The average Bonchev–Trinajstić information content (AvgIpc) is 2.45. The van der Waals surface area contributed by atoms with Crippen LogP contribution in [0.2, 0.25) is 0 Å². The molecule has 5 heteroatoms. The van der Waals surface area contributed by atoms with Crippen molar-refractivity contribution in [3.8, 4) is 5.75 Å². The number of phenols is 1. The number of phenolic OH excluding ortho intramolecular Hbond substituents is 1. The molecule has 1 aromatic carbocycles. The van der Waals surface area contributed by atoms with Crippen LogP contribution < -0.4 is 10.6 Å². The van der Waals surface area contributed by atoms with Gasteiger partial charge in [0.05, 0.1) is 24.8 Å². The second-order valence-corrected chi connectivity index (χ2v) is 5.09. The number of hydrogen-bond donors (Lipinski definition) is 3. The summed E-state index contributed by atoms with van der Waals surface area (Å²) in [5.74, 6) is -0.0139. The van der Waals surface area contributed by atoms with Crippen molar-refractivity contribution in [1.82, 2.24) is 5.32 Å². The Morgan fingerprint density at radius 3 is 2.95 bits per heavy atom. The van der Waals surface area contributed by atoms with Crippen LogP contribution in [-0.2, 0) is 9.53 Å². The Hall–Kier alpha value is -1.59. The van der Waals surface area contributed by atoms with Gasteiger partial charge in [0.1, 0.15) is 5.75 Å². The highest BCUT2D eigenvalue weighted by atomic mass is 16.5. The third-order valence-electron chi connectivity index (χ3n) is 3.48. The van der Waals surface area contributed by atoms with E-state index >= 15 is 0 Å². The van der Waals surface area contributed by atoms with Gasteiger partial charge in [-0.1, -0.05) is 12.1 Å². The van der Waals surface area contributed by atoms with Gasteiger partial charge >= 0.3 is 0 Å². The van der Waals surface area contributed by atoms with Gasteiger partial charge in [-0.3, -0.25) is 4.79 Å². The molecular formula is C15H22N2O3. The minimum Gasteiger partial charge on any atom is -0.505 e. The highest BCUT2D eigenvalue weighted by molar-refractivity contribution is 5.92. The molecule has 2 rings (SSSR count). The lowest BCUT2D eigenvalue weighted by molar-refractivity contribution is -0.117. The van der Waals surface area contributed by atoms with Crippen molar-refractivity contribution < 1.29 is 14.6 Å². The van der Waals surface area contributed by atoms with E-state index in [-0.39, 0.29) is 17.8 Å². The Kier molecular flexibility index (Phi) is 5.38. The lowest BCUT2D eigenvalue weighted by Crippen LogP contribution is -2.33. The van der Waals surface area contributed by atoms with Crippen LogP contribution in [0.3, 0.4) is 0 Å². The van der Waals surface area contributed by atoms with Crippen LogP contribution in [0, 0.1) is 6.92 Å². The first kappa shape index (κ1) is 14.8. The Labute approximate surface area is 119 Å². The normalized spacial score (nSPS) is 16.1. The van der Waals surface area contributed by atoms with Crippen LogP contribution in [0.25, 0.3) is 0 Å². The molecule has 1 aliphatic rings. The van der Waals surface area contributed by atoms with Crippen molar-refractivity contribution in [3.63, 3.8) is 0 Å². The van der Waals surface area contributed by atoms with E-state index in [0.29, 0.717) is 18.7 Å². The molecule has 1 aliphatic heterocycles. The maximum Gasteiger partial charge on any atom is 0.226 e. The number of hydrogen-bond acceptors (Lipinski definition) is 4. The number of aromatic hydroxyl groups is 1. The lowest BCUT2D eigenvalue weighted by Gasteiger charge is -2.22. The van der Waals surface area contributed by atoms with E-state index in [9.17, 15) is 9.90 Å². The average molecular weight is 278 g/mol. The second-order valence-electron chi connectivity index (χ2n) is 5.09. The van der Waals surface area contributed by atoms with Crippen LogP contribution in [0.1, 0.15) is 24.8 Å². The highest BCUT2D eigenvalue weighted by Crippen LogP contribution is 2.26. The number of carbonyl (C=O) groups excluding carboxylic acids is 1. The Morgan fingerprint density at radius 2 is 2.20 bits per heavy atom. The number of nitrogens with one attached hydrogen (secondary N) is 2. The molecule has 1 fully saturated rings. The van der Waals surface area contributed by atoms with Crippen molar-refractivity contribution >= 4 is 11.6 Å². The van der Waals surface area contributed by atoms with Gasteiger partial charge in [0.25, 0.3) is 0 Å². The summed E-state index contributed by atoms with van der Waals surface area (Å²) >= 11 is 0. The van der Waals surface area contributed by atoms with Crippen molar-refractivity contribution in [2.45, 2.75) is 32.3 Å². The predicted molar refractivity (Wildman–Crippen MR) is 77.9 cm³/mol. The van der Waals surface area contributed by atoms with E-state index in [0.717, 1.165) is 31.5 Å². The number of ether oxygens (including phenoxy) is 1. The number of piperidine rings is 1. The zero-order chi connectivity index (χ0) is 14.4. The minimum absolute atomic E-state index is 0.125. The molecule has 110 valence electrons. The number of amides is 1. The Bertz CT molecular complexity index is 456. The number of para-hydroxylation sites is 1. The molecule has 1 aromatic rings. The first-order chi connectivity index (χ1) is 9.66. The van der Waals surface area contributed by atoms with Crippen molar-refractivity contribution in [3.05, 3.63) is 23.8 Å². The summed E-state index contributed by atoms with van der Waals surface area (Å²) in [5, 5.41) is 15.8. The van der Waals surface area contributed by atoms with Gasteiger partial charge in [0.2, 0.25) is 5.91 Å². The second kappa shape index (κ2) is 7.26. The molecule has 20 heavy (non-hydrogen) atoms. The van der Waals surface area contributed by atoms with Gasteiger partial charge < -0.3 is 20.5 Å². The van der Waals surface area contributed by atoms with Gasteiger partial charge in [-0.2, -0.15) is 0 Å². The molecule has 0 aliphatic carbocycles. The molecule has 0 saturated carbocycles. The van der Waals surface area contributed by atoms with E-state index in [1.54, 1.807) is 25.1 Å². The molecule has 0 atom stereocenters. The molecular weight excluding hydrogens is 256 g/mol. The van der Waals surface area contributed by atoms with E-state index < -0.39 is 0 Å². The number of carbonyl (C=O) groups is 1. The first-order valence-corrected chi connectivity index (χ1v) is 7.07. The number of rotatable bonds is 5. The maximum absolute atomic E-state index is 11.8. The fourth-order valence-corrected chi connectivity index (χ4v) is 2.25. The molecule has 1 heterocycles. The summed E-state index contributed by atoms with van der Waals surface area (Å²) in [5.41, 5.74) is 1.20. The van der Waals surface area contributed by atoms with E-state index in [2.05, 4.69) is 10.6 Å². The van der Waals surface area contributed by atoms with Gasteiger partial charge in [0.15, 0.2) is 0 Å². The molecule has 0 unspecified atom stereocenters. The number of benzene rings is 1. The molecule has 0 radical (unpaired) electrons. The Morgan fingerprint density at radius 1 is 1.45 bits per heavy atom. The zero-order valence-electron chi connectivity index (χ0n) is 11.8. The minimum atomic E-state index is -0.139. The Balaban J connectivity index is 1.73. The van der Waals surface area contributed by atoms with Gasteiger partial charge in [-0.15, -0.1) is 0 Å². The quantitative estimate of drug-likeness (QED) is 0.718. The van der Waals surface area contributed by atoms with Crippen LogP contribution >= 0.6 is 0 Å². The maximum atomic E-state index is 11.8. The lowest BCUT2D eigenvalue weighted by atomic mass is 10.1. The third-order valence-corrected chi connectivity index (χ3v) is 3.48. The first-order valence-electron chi connectivity index (χ1n) is 7.07. The topological polar surface area (TPSA) is 70.6 Å². The van der Waals surface area contributed by atoms with Gasteiger partial charge in [-0.05, 0) is 44.5 Å². The molecule has 5 nitrogen and oxygen atoms in total. The fourth-order valence-electron chi connectivity index (χ4n) is 2.25. The summed E-state index contributed by atoms with van der Waals surface area (Å²) < 4.78 is 5.68. The highest BCUT2D eigenvalue weighted by Gasteiger charge is 2.14. The monoisotopic (exact) mass is 278 g/mol. The standard InChI is InChI=1S/C15H22N2O3/c1-11-3-2-4-13(15(11)19)17-14(18)7-10-20-12-5-8-16-9-6-12/h2-4,12,16,19H,5-10H2,1H3,(H,17,18). The van der Waals surface area contributed by atoms with Crippen molar-refractivity contribution in [2.24, 2.45) is 0 Å². The molecule has 1 saturated heterocycles. The SMILES string of the molecule is Cc1cccc(NC(=O)CCOC2CCNCC2)c1O. The number of anilines is 1. The molecule has 3 N–H and O–H groups in total. The molecule has 0 aromatic heterocycles. The van der Waals surface area contributed by atoms with Gasteiger partial charge in [0, 0.05) is 0 Å². The smallest absolute Gasteiger partial charge is 0.226 e. The zero-order valence-corrected chi connectivity index (χ0v) is 11.8. The van der Waals surface area contributed by atoms with E-state index in [4.69, 9.17) is 4.74 Å². The van der Waals surface area contributed by atoms with Crippen molar-refractivity contribution in [2.75, 3.05) is 25.0 Å². The summed E-state index contributed by atoms with van der Waals surface area (Å²) in [6, 6.07) is 5.29. The van der Waals surface area contributed by atoms with Crippen LogP contribution in [0.4, 0.5) is 5.69 Å². The van der Waals surface area contributed by atoms with E-state index in [1.807, 2.05) is 0 Å². The molecule has 0 bridgehead atoms. The summed E-state index contributed by atoms with van der Waals surface area (Å²) in [6.07, 6.45) is 2.56. The number of aryl methyl sites for hydroxylation is 1. The van der Waals surface area contributed by atoms with E-state index in [1.165, 1.54) is 0 Å². The third kappa shape index (κ3) is 4.21. The summed E-state index contributed by atoms with van der Waals surface area (Å²) in [6.45, 7) is 4.18. The summed E-state index contributed by atoms with van der Waals surface area (Å²) in [4.78, 5) is 11.8. The predicted octanol–water partition coefficient (Wildman–Crippen LogP) is 1.80. The van der Waals surface area contributed by atoms with Crippen LogP contribution in [0.15, 0.2) is 18.2 Å². The fraction of sp³-hybridized carbons (Fsp3) is 0.533. The largest absolute Gasteiger partial charge is 0.505 e. The molecule has 0 spiro atoms. The van der Waals surface area contributed by atoms with Crippen molar-refractivity contribution in [1.29, 1.82) is 0 Å². The molecule has 1 amide bonds. The van der Waals surface area contributed by atoms with Gasteiger partial charge in [-0.25, -0.2) is 0 Å².